The molecule has 1 saturated heterocycles. The number of hydrogen-bond donors (Lipinski definition) is 2. The number of anilines is 2. The van der Waals surface area contributed by atoms with Crippen LogP contribution in [-0.4, -0.2) is 65.0 Å². The van der Waals surface area contributed by atoms with E-state index in [2.05, 4.69) is 44.4 Å². The third-order valence-corrected chi connectivity index (χ3v) is 6.01. The molecule has 12 heteroatoms. The van der Waals surface area contributed by atoms with Crippen molar-refractivity contribution in [2.45, 2.75) is 19.9 Å². The first kappa shape index (κ1) is 28.9. The van der Waals surface area contributed by atoms with Crippen molar-refractivity contribution in [3.63, 3.8) is 0 Å². The van der Waals surface area contributed by atoms with Crippen molar-refractivity contribution in [2.75, 3.05) is 42.9 Å². The predicted octanol–water partition coefficient (Wildman–Crippen LogP) is -1.10. The smallest absolute Gasteiger partial charge is 0.328 e. The molecule has 1 amide bonds. The van der Waals surface area contributed by atoms with Gasteiger partial charge in [0.1, 0.15) is 0 Å². The SMILES string of the molecule is CC(=O)Nc1ccc2[nH]c(=O)n(CCCN3CCN(c4ccccc4)CC3)c(=O)c2c1.O=C([O-])/C=C\C(=O)[O-]. The minimum atomic E-state index is -1.55. The van der Waals surface area contributed by atoms with Gasteiger partial charge in [0.2, 0.25) is 5.91 Å². The van der Waals surface area contributed by atoms with Crippen LogP contribution in [0.1, 0.15) is 13.3 Å². The van der Waals surface area contributed by atoms with Gasteiger partial charge in [0, 0.05) is 51.0 Å². The molecule has 1 aromatic heterocycles. The molecule has 1 fully saturated rings. The van der Waals surface area contributed by atoms with Crippen LogP contribution in [0, 0.1) is 0 Å². The van der Waals surface area contributed by atoms with E-state index < -0.39 is 17.6 Å². The van der Waals surface area contributed by atoms with Crippen molar-refractivity contribution in [1.82, 2.24) is 14.5 Å². The number of carboxylic acid groups (broad SMARTS) is 2. The zero-order valence-electron chi connectivity index (χ0n) is 21.4. The van der Waals surface area contributed by atoms with Gasteiger partial charge in [-0.15, -0.1) is 0 Å². The van der Waals surface area contributed by atoms with Crippen LogP contribution in [0.15, 0.2) is 70.3 Å². The lowest BCUT2D eigenvalue weighted by Gasteiger charge is -2.36. The maximum Gasteiger partial charge on any atom is 0.328 e. The number of aromatic amines is 1. The fourth-order valence-corrected chi connectivity index (χ4v) is 4.19. The number of nitrogens with one attached hydrogen (secondary N) is 2. The average molecular weight is 536 g/mol. The molecule has 0 aliphatic carbocycles. The van der Waals surface area contributed by atoms with Gasteiger partial charge in [-0.1, -0.05) is 18.2 Å². The summed E-state index contributed by atoms with van der Waals surface area (Å²) < 4.78 is 1.25. The highest BCUT2D eigenvalue weighted by Gasteiger charge is 2.17. The minimum absolute atomic E-state index is 0.212. The number of carbonyl (C=O) groups excluding carboxylic acids is 3. The van der Waals surface area contributed by atoms with E-state index in [0.717, 1.165) is 32.7 Å². The molecule has 1 aliphatic heterocycles. The first-order chi connectivity index (χ1) is 18.6. The largest absolute Gasteiger partial charge is 0.545 e. The Kier molecular flexibility index (Phi) is 10.2. The summed E-state index contributed by atoms with van der Waals surface area (Å²) >= 11 is 0. The monoisotopic (exact) mass is 535 g/mol. The van der Waals surface area contributed by atoms with Crippen LogP contribution < -0.4 is 31.7 Å². The van der Waals surface area contributed by atoms with Crippen LogP contribution in [-0.2, 0) is 20.9 Å². The van der Waals surface area contributed by atoms with Crippen molar-refractivity contribution < 1.29 is 24.6 Å². The number of benzene rings is 2. The number of nitrogens with zero attached hydrogens (tertiary/aromatic N) is 3. The predicted molar refractivity (Wildman–Crippen MR) is 142 cm³/mol. The number of piperazine rings is 1. The molecule has 4 rings (SSSR count). The summed E-state index contributed by atoms with van der Waals surface area (Å²) in [6, 6.07) is 15.3. The summed E-state index contributed by atoms with van der Waals surface area (Å²) in [6.07, 6.45) is 1.48. The summed E-state index contributed by atoms with van der Waals surface area (Å²) in [5, 5.41) is 21.9. The van der Waals surface area contributed by atoms with E-state index in [0.29, 0.717) is 41.7 Å². The Bertz CT molecular complexity index is 1440. The fourth-order valence-electron chi connectivity index (χ4n) is 4.19. The van der Waals surface area contributed by atoms with Crippen LogP contribution in [0.25, 0.3) is 10.9 Å². The fraction of sp³-hybridized carbons (Fsp3) is 0.296. The van der Waals surface area contributed by atoms with E-state index in [1.807, 2.05) is 6.07 Å². The van der Waals surface area contributed by atoms with Crippen molar-refractivity contribution in [2.24, 2.45) is 0 Å². The highest BCUT2D eigenvalue weighted by Crippen LogP contribution is 2.16. The Morgan fingerprint density at radius 3 is 2.15 bits per heavy atom. The van der Waals surface area contributed by atoms with E-state index in [9.17, 15) is 34.2 Å². The van der Waals surface area contributed by atoms with Gasteiger partial charge in [-0.25, -0.2) is 4.79 Å². The summed E-state index contributed by atoms with van der Waals surface area (Å²) in [7, 11) is 0. The van der Waals surface area contributed by atoms with Crippen LogP contribution >= 0.6 is 0 Å². The molecule has 0 bridgehead atoms. The Hall–Kier alpha value is -4.71. The van der Waals surface area contributed by atoms with E-state index in [-0.39, 0.29) is 11.5 Å². The first-order valence-electron chi connectivity index (χ1n) is 12.3. The van der Waals surface area contributed by atoms with Crippen LogP contribution in [0.2, 0.25) is 0 Å². The zero-order valence-corrected chi connectivity index (χ0v) is 21.4. The van der Waals surface area contributed by atoms with Gasteiger partial charge in [0.25, 0.3) is 5.56 Å². The number of fused-ring (bicyclic) bond motifs is 1. The number of aliphatic carboxylic acids is 2. The number of amides is 1. The average Bonchev–Trinajstić information content (AvgIpc) is 2.91. The molecule has 12 nitrogen and oxygen atoms in total. The van der Waals surface area contributed by atoms with E-state index in [1.54, 1.807) is 18.2 Å². The van der Waals surface area contributed by atoms with Crippen molar-refractivity contribution in [3.05, 3.63) is 81.5 Å². The molecule has 0 atom stereocenters. The highest BCUT2D eigenvalue weighted by atomic mass is 16.4. The molecule has 0 unspecified atom stereocenters. The maximum absolute atomic E-state index is 12.9. The normalized spacial score (nSPS) is 13.6. The van der Waals surface area contributed by atoms with Crippen LogP contribution in [0.5, 0.6) is 0 Å². The lowest BCUT2D eigenvalue weighted by Crippen LogP contribution is -2.47. The second-order valence-electron chi connectivity index (χ2n) is 8.82. The summed E-state index contributed by atoms with van der Waals surface area (Å²) in [5.74, 6) is -3.31. The summed E-state index contributed by atoms with van der Waals surface area (Å²) in [5.41, 5.74) is 1.51. The van der Waals surface area contributed by atoms with Crippen molar-refractivity contribution >= 4 is 40.1 Å². The Balaban J connectivity index is 0.000000459. The standard InChI is InChI=1S/C23H27N5O3.C4H4O4/c1-17(29)24-18-8-9-21-20(16-18)22(30)28(23(31)25-21)11-5-10-26-12-14-27(15-13-26)19-6-3-2-4-7-19;5-3(6)1-2-4(7)8/h2-4,6-9,16H,5,10-15H2,1H3,(H,24,29)(H,25,31);1-2H,(H,5,6)(H,7,8)/p-2/b;2-1-. The molecule has 0 spiro atoms. The molecule has 0 radical (unpaired) electrons. The highest BCUT2D eigenvalue weighted by molar-refractivity contribution is 5.92. The minimum Gasteiger partial charge on any atom is -0.545 e. The zero-order chi connectivity index (χ0) is 28.4. The van der Waals surface area contributed by atoms with Gasteiger partial charge in [-0.05, 0) is 55.4 Å². The molecule has 39 heavy (non-hydrogen) atoms. The third kappa shape index (κ3) is 8.68. The number of H-pyrrole nitrogens is 1. The molecule has 1 aliphatic rings. The van der Waals surface area contributed by atoms with Crippen molar-refractivity contribution in [1.29, 1.82) is 0 Å². The number of para-hydroxylation sites is 1. The number of carbonyl (C=O) groups is 3. The number of rotatable bonds is 8. The maximum atomic E-state index is 12.9. The summed E-state index contributed by atoms with van der Waals surface area (Å²) in [6.45, 7) is 6.44. The van der Waals surface area contributed by atoms with Gasteiger partial charge < -0.3 is 35.0 Å². The van der Waals surface area contributed by atoms with E-state index >= 15 is 0 Å². The molecular formula is C27H29N5O7-2. The molecule has 2 heterocycles. The molecule has 3 aromatic rings. The Labute approximate surface area is 223 Å². The number of aromatic nitrogens is 2. The number of carboxylic acids is 2. The molecule has 206 valence electrons. The molecular weight excluding hydrogens is 506 g/mol. The Morgan fingerprint density at radius 1 is 0.923 bits per heavy atom. The second kappa shape index (κ2) is 13.7. The van der Waals surface area contributed by atoms with Gasteiger partial charge in [-0.2, -0.15) is 0 Å². The first-order valence-corrected chi connectivity index (χ1v) is 12.3. The third-order valence-electron chi connectivity index (χ3n) is 6.01. The van der Waals surface area contributed by atoms with Gasteiger partial charge >= 0.3 is 5.69 Å². The summed E-state index contributed by atoms with van der Waals surface area (Å²) in [4.78, 5) is 62.9. The topological polar surface area (TPSA) is 171 Å². The van der Waals surface area contributed by atoms with Gasteiger partial charge in [-0.3, -0.25) is 19.1 Å². The quantitative estimate of drug-likeness (QED) is 0.340. The van der Waals surface area contributed by atoms with Gasteiger partial charge in [0.05, 0.1) is 22.8 Å². The Morgan fingerprint density at radius 2 is 1.56 bits per heavy atom. The second-order valence-corrected chi connectivity index (χ2v) is 8.82. The molecule has 0 saturated carbocycles. The van der Waals surface area contributed by atoms with E-state index in [4.69, 9.17) is 0 Å². The molecule has 2 aromatic carbocycles. The lowest BCUT2D eigenvalue weighted by molar-refractivity contribution is -0.301. The van der Waals surface area contributed by atoms with Crippen molar-refractivity contribution in [3.8, 4) is 0 Å². The molecule has 2 N–H and O–H groups in total. The van der Waals surface area contributed by atoms with Crippen LogP contribution in [0.4, 0.5) is 11.4 Å². The van der Waals surface area contributed by atoms with Crippen LogP contribution in [0.3, 0.4) is 0 Å². The van der Waals surface area contributed by atoms with E-state index in [1.165, 1.54) is 17.2 Å². The number of hydrogen-bond acceptors (Lipinski definition) is 9. The van der Waals surface area contributed by atoms with Gasteiger partial charge in [0.15, 0.2) is 0 Å². The lowest BCUT2D eigenvalue weighted by atomic mass is 10.2.